The van der Waals surface area contributed by atoms with Crippen molar-refractivity contribution in [1.82, 2.24) is 9.97 Å². The largest absolute Gasteiger partial charge is 0.481 e. The maximum atomic E-state index is 12.8. The first-order chi connectivity index (χ1) is 10.1. The maximum Gasteiger partial charge on any atom is 0.218 e. The van der Waals surface area contributed by atoms with Gasteiger partial charge in [0.2, 0.25) is 5.88 Å². The molecule has 5 heteroatoms. The Labute approximate surface area is 124 Å². The van der Waals surface area contributed by atoms with Gasteiger partial charge in [0.25, 0.3) is 0 Å². The zero-order chi connectivity index (χ0) is 15.2. The third-order valence-corrected chi connectivity index (χ3v) is 3.08. The average molecular weight is 289 g/mol. The molecule has 4 nitrogen and oxygen atoms in total. The molecule has 21 heavy (non-hydrogen) atoms. The van der Waals surface area contributed by atoms with Gasteiger partial charge in [0.05, 0.1) is 7.11 Å². The molecule has 0 atom stereocenters. The molecule has 0 fully saturated rings. The van der Waals surface area contributed by atoms with Crippen LogP contribution in [0.15, 0.2) is 30.3 Å². The Kier molecular flexibility index (Phi) is 5.09. The van der Waals surface area contributed by atoms with Gasteiger partial charge in [0.1, 0.15) is 17.5 Å². The first kappa shape index (κ1) is 15.2. The lowest BCUT2D eigenvalue weighted by Gasteiger charge is -2.11. The summed E-state index contributed by atoms with van der Waals surface area (Å²) < 4.78 is 18.0. The standard InChI is InChI=1S/C16H20FN3O/c1-11(2)16-19-14(10-15(20-16)21-3)18-9-8-12-4-6-13(17)7-5-12/h4-7,10-11H,8-9H2,1-3H3,(H,18,19,20). The van der Waals surface area contributed by atoms with Crippen LogP contribution >= 0.6 is 0 Å². The summed E-state index contributed by atoms with van der Waals surface area (Å²) in [4.78, 5) is 8.78. The Morgan fingerprint density at radius 1 is 1.19 bits per heavy atom. The summed E-state index contributed by atoms with van der Waals surface area (Å²) >= 11 is 0. The van der Waals surface area contributed by atoms with Gasteiger partial charge in [-0.3, -0.25) is 0 Å². The lowest BCUT2D eigenvalue weighted by Crippen LogP contribution is -2.09. The Bertz CT molecular complexity index is 585. The molecule has 0 spiro atoms. The van der Waals surface area contributed by atoms with E-state index in [1.807, 2.05) is 13.8 Å². The third-order valence-electron chi connectivity index (χ3n) is 3.08. The number of halogens is 1. The van der Waals surface area contributed by atoms with E-state index in [4.69, 9.17) is 4.74 Å². The summed E-state index contributed by atoms with van der Waals surface area (Å²) in [7, 11) is 1.59. The minimum Gasteiger partial charge on any atom is -0.481 e. The zero-order valence-electron chi connectivity index (χ0n) is 12.6. The summed E-state index contributed by atoms with van der Waals surface area (Å²) in [5, 5.41) is 3.25. The van der Waals surface area contributed by atoms with Gasteiger partial charge in [-0.1, -0.05) is 26.0 Å². The van der Waals surface area contributed by atoms with E-state index in [1.54, 1.807) is 25.3 Å². The number of nitrogens with one attached hydrogen (secondary N) is 1. The predicted octanol–water partition coefficient (Wildman–Crippen LogP) is 3.40. The van der Waals surface area contributed by atoms with Crippen LogP contribution in [0.5, 0.6) is 5.88 Å². The molecule has 2 rings (SSSR count). The van der Waals surface area contributed by atoms with Crippen molar-refractivity contribution in [2.45, 2.75) is 26.2 Å². The number of rotatable bonds is 6. The molecule has 112 valence electrons. The van der Waals surface area contributed by atoms with Crippen molar-refractivity contribution in [2.24, 2.45) is 0 Å². The molecule has 0 aliphatic heterocycles. The first-order valence-corrected chi connectivity index (χ1v) is 6.99. The number of hydrogen-bond acceptors (Lipinski definition) is 4. The van der Waals surface area contributed by atoms with E-state index in [-0.39, 0.29) is 11.7 Å². The van der Waals surface area contributed by atoms with E-state index < -0.39 is 0 Å². The van der Waals surface area contributed by atoms with Gasteiger partial charge < -0.3 is 10.1 Å². The van der Waals surface area contributed by atoms with Crippen LogP contribution in [0.4, 0.5) is 10.2 Å². The van der Waals surface area contributed by atoms with Crippen molar-refractivity contribution in [2.75, 3.05) is 19.0 Å². The van der Waals surface area contributed by atoms with Crippen molar-refractivity contribution in [3.05, 3.63) is 47.5 Å². The molecule has 0 saturated heterocycles. The van der Waals surface area contributed by atoms with Crippen LogP contribution in [0.2, 0.25) is 0 Å². The molecule has 0 bridgehead atoms. The van der Waals surface area contributed by atoms with Crippen molar-refractivity contribution in [1.29, 1.82) is 0 Å². The summed E-state index contributed by atoms with van der Waals surface area (Å²) in [6.45, 7) is 4.79. The van der Waals surface area contributed by atoms with Crippen LogP contribution in [0, 0.1) is 5.82 Å². The highest BCUT2D eigenvalue weighted by atomic mass is 19.1. The molecular formula is C16H20FN3O. The fourth-order valence-electron chi connectivity index (χ4n) is 1.88. The highest BCUT2D eigenvalue weighted by Crippen LogP contribution is 2.18. The van der Waals surface area contributed by atoms with Crippen LogP contribution < -0.4 is 10.1 Å². The number of aromatic nitrogens is 2. The number of nitrogens with zero attached hydrogens (tertiary/aromatic N) is 2. The number of hydrogen-bond donors (Lipinski definition) is 1. The highest BCUT2D eigenvalue weighted by molar-refractivity contribution is 5.39. The zero-order valence-corrected chi connectivity index (χ0v) is 12.6. The maximum absolute atomic E-state index is 12.8. The summed E-state index contributed by atoms with van der Waals surface area (Å²) in [6, 6.07) is 8.30. The normalized spacial score (nSPS) is 10.7. The Hall–Kier alpha value is -2.17. The van der Waals surface area contributed by atoms with Crippen molar-refractivity contribution >= 4 is 5.82 Å². The predicted molar refractivity (Wildman–Crippen MR) is 81.3 cm³/mol. The van der Waals surface area contributed by atoms with Crippen LogP contribution in [0.3, 0.4) is 0 Å². The minimum atomic E-state index is -0.214. The molecule has 0 radical (unpaired) electrons. The summed E-state index contributed by atoms with van der Waals surface area (Å²) in [5.41, 5.74) is 1.08. The van der Waals surface area contributed by atoms with E-state index >= 15 is 0 Å². The van der Waals surface area contributed by atoms with Crippen molar-refractivity contribution in [3.63, 3.8) is 0 Å². The molecular weight excluding hydrogens is 269 g/mol. The van der Waals surface area contributed by atoms with Crippen molar-refractivity contribution in [3.8, 4) is 5.88 Å². The second-order valence-corrected chi connectivity index (χ2v) is 5.11. The van der Waals surface area contributed by atoms with E-state index in [1.165, 1.54) is 12.1 Å². The lowest BCUT2D eigenvalue weighted by atomic mass is 10.1. The van der Waals surface area contributed by atoms with Gasteiger partial charge in [-0.15, -0.1) is 0 Å². The smallest absolute Gasteiger partial charge is 0.218 e. The monoisotopic (exact) mass is 289 g/mol. The van der Waals surface area contributed by atoms with Gasteiger partial charge in [-0.25, -0.2) is 9.37 Å². The molecule has 0 aliphatic carbocycles. The van der Waals surface area contributed by atoms with Crippen molar-refractivity contribution < 1.29 is 9.13 Å². The van der Waals surface area contributed by atoms with Gasteiger partial charge in [-0.2, -0.15) is 4.98 Å². The van der Waals surface area contributed by atoms with E-state index in [9.17, 15) is 4.39 Å². The summed E-state index contributed by atoms with van der Waals surface area (Å²) in [6.07, 6.45) is 0.795. The quantitative estimate of drug-likeness (QED) is 0.885. The molecule has 1 N–H and O–H groups in total. The SMILES string of the molecule is COc1cc(NCCc2ccc(F)cc2)nc(C(C)C)n1. The fraction of sp³-hybridized carbons (Fsp3) is 0.375. The van der Waals surface area contributed by atoms with E-state index in [2.05, 4.69) is 15.3 Å². The van der Waals surface area contributed by atoms with Gasteiger partial charge in [0.15, 0.2) is 0 Å². The Balaban J connectivity index is 1.99. The lowest BCUT2D eigenvalue weighted by molar-refractivity contribution is 0.394. The molecule has 1 heterocycles. The van der Waals surface area contributed by atoms with Gasteiger partial charge in [0, 0.05) is 18.5 Å². The van der Waals surface area contributed by atoms with Gasteiger partial charge in [-0.05, 0) is 24.1 Å². The summed E-state index contributed by atoms with van der Waals surface area (Å²) in [5.74, 6) is 2.07. The van der Waals surface area contributed by atoms with E-state index in [0.717, 1.165) is 23.6 Å². The second-order valence-electron chi connectivity index (χ2n) is 5.11. The second kappa shape index (κ2) is 7.02. The van der Waals surface area contributed by atoms with Crippen LogP contribution in [0.25, 0.3) is 0 Å². The molecule has 1 aromatic heterocycles. The third kappa shape index (κ3) is 4.41. The molecule has 0 saturated carbocycles. The Morgan fingerprint density at radius 3 is 2.52 bits per heavy atom. The Morgan fingerprint density at radius 2 is 1.90 bits per heavy atom. The van der Waals surface area contributed by atoms with Gasteiger partial charge >= 0.3 is 0 Å². The molecule has 0 aliphatic rings. The first-order valence-electron chi connectivity index (χ1n) is 6.99. The molecule has 2 aromatic rings. The fourth-order valence-corrected chi connectivity index (χ4v) is 1.88. The molecule has 1 aromatic carbocycles. The topological polar surface area (TPSA) is 47.0 Å². The number of ether oxygens (including phenoxy) is 1. The number of methoxy groups -OCH3 is 1. The van der Waals surface area contributed by atoms with Crippen LogP contribution in [0.1, 0.15) is 31.2 Å². The minimum absolute atomic E-state index is 0.214. The highest BCUT2D eigenvalue weighted by Gasteiger charge is 2.08. The van der Waals surface area contributed by atoms with E-state index in [0.29, 0.717) is 12.4 Å². The molecule has 0 amide bonds. The van der Waals surface area contributed by atoms with Crippen LogP contribution in [-0.4, -0.2) is 23.6 Å². The average Bonchev–Trinajstić information content (AvgIpc) is 2.49. The number of anilines is 1. The van der Waals surface area contributed by atoms with Crippen LogP contribution in [-0.2, 0) is 6.42 Å². The molecule has 0 unspecified atom stereocenters. The number of benzene rings is 1.